The molecule has 0 radical (unpaired) electrons. The molecule has 0 saturated carbocycles. The van der Waals surface area contributed by atoms with Gasteiger partial charge in [-0.1, -0.05) is 19.6 Å². The first kappa shape index (κ1) is 14.0. The van der Waals surface area contributed by atoms with Gasteiger partial charge in [-0.3, -0.25) is 4.57 Å². The molecule has 0 fully saturated rings. The first-order valence-corrected chi connectivity index (χ1v) is 9.43. The van der Waals surface area contributed by atoms with E-state index in [1.165, 1.54) is 0 Å². The van der Waals surface area contributed by atoms with E-state index in [1.54, 1.807) is 4.57 Å². The summed E-state index contributed by atoms with van der Waals surface area (Å²) in [5.74, 6) is 0. The van der Waals surface area contributed by atoms with Crippen molar-refractivity contribution in [3.63, 3.8) is 0 Å². The van der Waals surface area contributed by atoms with Gasteiger partial charge < -0.3 is 4.74 Å². The predicted molar refractivity (Wildman–Crippen MR) is 73.8 cm³/mol. The Bertz CT molecular complexity index is 422. The molecule has 0 aliphatic heterocycles. The third-order valence-electron chi connectivity index (χ3n) is 2.32. The van der Waals surface area contributed by atoms with Crippen LogP contribution in [0.25, 0.3) is 0 Å². The van der Waals surface area contributed by atoms with Crippen LogP contribution in [-0.2, 0) is 4.74 Å². The SMILES string of the molecule is Cc1cc([Si](C)(C)C)n(C(=O)OC(C)(C)C)c1. The molecule has 0 unspecified atom stereocenters. The number of hydrogen-bond donors (Lipinski definition) is 0. The maximum Gasteiger partial charge on any atom is 0.418 e. The van der Waals surface area contributed by atoms with Crippen molar-refractivity contribution in [1.82, 2.24) is 4.57 Å². The van der Waals surface area contributed by atoms with Crippen LogP contribution in [0.2, 0.25) is 19.6 Å². The Morgan fingerprint density at radius 3 is 2.24 bits per heavy atom. The second-order valence-corrected chi connectivity index (χ2v) is 11.5. The minimum absolute atomic E-state index is 0.275. The summed E-state index contributed by atoms with van der Waals surface area (Å²) in [5.41, 5.74) is 0.652. The van der Waals surface area contributed by atoms with Crippen LogP contribution in [0.5, 0.6) is 0 Å². The highest BCUT2D eigenvalue weighted by Crippen LogP contribution is 2.12. The Morgan fingerprint density at radius 1 is 1.29 bits per heavy atom. The van der Waals surface area contributed by atoms with Gasteiger partial charge in [0.1, 0.15) is 5.60 Å². The lowest BCUT2D eigenvalue weighted by Gasteiger charge is -2.23. The number of aryl methyl sites for hydroxylation is 1. The van der Waals surface area contributed by atoms with Gasteiger partial charge in [0.25, 0.3) is 0 Å². The summed E-state index contributed by atoms with van der Waals surface area (Å²) in [6, 6.07) is 2.09. The Morgan fingerprint density at radius 2 is 1.82 bits per heavy atom. The van der Waals surface area contributed by atoms with Crippen LogP contribution in [0.1, 0.15) is 26.3 Å². The fourth-order valence-corrected chi connectivity index (χ4v) is 3.17. The van der Waals surface area contributed by atoms with E-state index in [0.717, 1.165) is 10.9 Å². The topological polar surface area (TPSA) is 31.2 Å². The normalized spacial score (nSPS) is 12.6. The van der Waals surface area contributed by atoms with Gasteiger partial charge in [0.2, 0.25) is 0 Å². The van der Waals surface area contributed by atoms with Gasteiger partial charge in [-0.05, 0) is 39.3 Å². The first-order chi connectivity index (χ1) is 7.50. The molecule has 1 aromatic heterocycles. The standard InChI is InChI=1S/C13H23NO2Si/c1-10-8-11(17(5,6)7)14(9-10)12(15)16-13(2,3)4/h8-9H,1-7H3. The Kier molecular flexibility index (Phi) is 3.57. The Hall–Kier alpha value is -1.03. The molecule has 0 bridgehead atoms. The minimum Gasteiger partial charge on any atom is -0.443 e. The van der Waals surface area contributed by atoms with Gasteiger partial charge >= 0.3 is 6.09 Å². The van der Waals surface area contributed by atoms with E-state index in [2.05, 4.69) is 25.7 Å². The summed E-state index contributed by atoms with van der Waals surface area (Å²) in [7, 11) is -1.53. The van der Waals surface area contributed by atoms with Crippen molar-refractivity contribution in [2.24, 2.45) is 0 Å². The molecule has 0 aliphatic rings. The first-order valence-electron chi connectivity index (χ1n) is 5.93. The smallest absolute Gasteiger partial charge is 0.418 e. The maximum atomic E-state index is 12.1. The largest absolute Gasteiger partial charge is 0.443 e. The summed E-state index contributed by atoms with van der Waals surface area (Å²) < 4.78 is 7.09. The van der Waals surface area contributed by atoms with Crippen molar-refractivity contribution in [3.8, 4) is 0 Å². The fourth-order valence-electron chi connectivity index (χ4n) is 1.64. The molecule has 1 aromatic rings. The van der Waals surface area contributed by atoms with Gasteiger partial charge in [0, 0.05) is 11.5 Å². The van der Waals surface area contributed by atoms with Crippen molar-refractivity contribution in [1.29, 1.82) is 0 Å². The molecule has 1 rings (SSSR count). The summed E-state index contributed by atoms with van der Waals surface area (Å²) in [6.45, 7) is 14.3. The highest BCUT2D eigenvalue weighted by molar-refractivity contribution is 6.88. The predicted octanol–water partition coefficient (Wildman–Crippen LogP) is 3.12. The number of carbonyl (C=O) groups is 1. The van der Waals surface area contributed by atoms with Gasteiger partial charge in [0.15, 0.2) is 0 Å². The van der Waals surface area contributed by atoms with Gasteiger partial charge in [-0.25, -0.2) is 4.79 Å². The molecule has 0 atom stereocenters. The van der Waals surface area contributed by atoms with E-state index in [4.69, 9.17) is 4.74 Å². The van der Waals surface area contributed by atoms with E-state index in [1.807, 2.05) is 33.9 Å². The van der Waals surface area contributed by atoms with Crippen LogP contribution in [0, 0.1) is 6.92 Å². The number of hydrogen-bond acceptors (Lipinski definition) is 2. The number of rotatable bonds is 1. The lowest BCUT2D eigenvalue weighted by molar-refractivity contribution is 0.0542. The maximum absolute atomic E-state index is 12.1. The molecule has 0 N–H and O–H groups in total. The summed E-state index contributed by atoms with van der Waals surface area (Å²) >= 11 is 0. The second kappa shape index (κ2) is 4.33. The summed E-state index contributed by atoms with van der Waals surface area (Å²) in [5, 5.41) is 1.12. The van der Waals surface area contributed by atoms with E-state index in [9.17, 15) is 4.79 Å². The Labute approximate surface area is 105 Å². The van der Waals surface area contributed by atoms with Crippen LogP contribution >= 0.6 is 0 Å². The average molecular weight is 253 g/mol. The fraction of sp³-hybridized carbons (Fsp3) is 0.615. The lowest BCUT2D eigenvalue weighted by Crippen LogP contribution is -2.45. The quantitative estimate of drug-likeness (QED) is 0.720. The molecular weight excluding hydrogens is 230 g/mol. The van der Waals surface area contributed by atoms with E-state index < -0.39 is 13.7 Å². The number of aromatic nitrogens is 1. The third-order valence-corrected chi connectivity index (χ3v) is 4.24. The van der Waals surface area contributed by atoms with E-state index in [-0.39, 0.29) is 6.09 Å². The molecule has 4 heteroatoms. The zero-order valence-electron chi connectivity index (χ0n) is 11.9. The van der Waals surface area contributed by atoms with Crippen molar-refractivity contribution < 1.29 is 9.53 Å². The van der Waals surface area contributed by atoms with Crippen molar-refractivity contribution in [2.75, 3.05) is 0 Å². The van der Waals surface area contributed by atoms with Crippen molar-refractivity contribution in [3.05, 3.63) is 17.8 Å². The van der Waals surface area contributed by atoms with E-state index >= 15 is 0 Å². The Balaban J connectivity index is 3.10. The van der Waals surface area contributed by atoms with Crippen LogP contribution in [0.15, 0.2) is 12.3 Å². The van der Waals surface area contributed by atoms with Gasteiger partial charge in [-0.15, -0.1) is 0 Å². The molecule has 0 aromatic carbocycles. The minimum atomic E-state index is -1.53. The molecule has 3 nitrogen and oxygen atoms in total. The summed E-state index contributed by atoms with van der Waals surface area (Å²) in [4.78, 5) is 12.1. The molecule has 96 valence electrons. The number of ether oxygens (including phenoxy) is 1. The third kappa shape index (κ3) is 3.73. The average Bonchev–Trinajstić information content (AvgIpc) is 2.43. The molecule has 0 spiro atoms. The van der Waals surface area contributed by atoms with Crippen LogP contribution in [0.3, 0.4) is 0 Å². The second-order valence-electron chi connectivity index (χ2n) is 6.50. The molecule has 0 saturated heterocycles. The van der Waals surface area contributed by atoms with Crippen LogP contribution in [-0.4, -0.2) is 24.3 Å². The number of carbonyl (C=O) groups excluding carboxylic acids is 1. The molecule has 0 amide bonds. The van der Waals surface area contributed by atoms with Gasteiger partial charge in [-0.2, -0.15) is 0 Å². The molecule has 0 aliphatic carbocycles. The monoisotopic (exact) mass is 253 g/mol. The zero-order chi connectivity index (χ0) is 13.4. The van der Waals surface area contributed by atoms with Gasteiger partial charge in [0.05, 0.1) is 8.07 Å². The molecule has 1 heterocycles. The molecule has 17 heavy (non-hydrogen) atoms. The van der Waals surface area contributed by atoms with Crippen LogP contribution in [0.4, 0.5) is 4.79 Å². The lowest BCUT2D eigenvalue weighted by atomic mass is 10.2. The molecular formula is C13H23NO2Si. The highest BCUT2D eigenvalue weighted by Gasteiger charge is 2.26. The zero-order valence-corrected chi connectivity index (χ0v) is 12.9. The summed E-state index contributed by atoms with van der Waals surface area (Å²) in [6.07, 6.45) is 1.59. The highest BCUT2D eigenvalue weighted by atomic mass is 28.3. The number of nitrogens with zero attached hydrogens (tertiary/aromatic N) is 1. The van der Waals surface area contributed by atoms with Crippen LogP contribution < -0.4 is 5.32 Å². The van der Waals surface area contributed by atoms with E-state index in [0.29, 0.717) is 0 Å². The van der Waals surface area contributed by atoms with Crippen molar-refractivity contribution >= 4 is 19.5 Å². The van der Waals surface area contributed by atoms with Crippen molar-refractivity contribution in [2.45, 2.75) is 52.9 Å².